The van der Waals surface area contributed by atoms with Crippen LogP contribution in [0.15, 0.2) is 42.5 Å². The third-order valence-corrected chi connectivity index (χ3v) is 2.70. The lowest BCUT2D eigenvalue weighted by atomic mass is 9.98. The number of benzene rings is 2. The summed E-state index contributed by atoms with van der Waals surface area (Å²) in [6, 6.07) is 10.1. The van der Waals surface area contributed by atoms with E-state index in [1.807, 2.05) is 0 Å². The Balaban J connectivity index is 2.40. The molecule has 0 bridgehead atoms. The molecule has 1 nitrogen and oxygen atoms in total. The standard InChI is InChI=1S/C14H13F2N/c1-9-5-6-12(13(16)7-9)14(17)10-3-2-4-11(15)8-10/h2-8,14H,17H2,1H3. The summed E-state index contributed by atoms with van der Waals surface area (Å²) in [5.41, 5.74) is 7.70. The molecule has 17 heavy (non-hydrogen) atoms. The minimum Gasteiger partial charge on any atom is -0.320 e. The zero-order chi connectivity index (χ0) is 12.4. The highest BCUT2D eigenvalue weighted by molar-refractivity contribution is 5.34. The van der Waals surface area contributed by atoms with Crippen LogP contribution in [0.3, 0.4) is 0 Å². The summed E-state index contributed by atoms with van der Waals surface area (Å²) in [4.78, 5) is 0. The molecule has 88 valence electrons. The zero-order valence-electron chi connectivity index (χ0n) is 9.45. The van der Waals surface area contributed by atoms with Crippen LogP contribution in [0.4, 0.5) is 8.78 Å². The fourth-order valence-corrected chi connectivity index (χ4v) is 1.76. The first kappa shape index (κ1) is 11.7. The maximum absolute atomic E-state index is 13.7. The topological polar surface area (TPSA) is 26.0 Å². The number of nitrogens with two attached hydrogens (primary N) is 1. The first-order chi connectivity index (χ1) is 8.08. The van der Waals surface area contributed by atoms with Crippen molar-refractivity contribution in [3.8, 4) is 0 Å². The van der Waals surface area contributed by atoms with Crippen molar-refractivity contribution in [1.82, 2.24) is 0 Å². The maximum atomic E-state index is 13.7. The van der Waals surface area contributed by atoms with Crippen LogP contribution in [-0.2, 0) is 0 Å². The summed E-state index contributed by atoms with van der Waals surface area (Å²) in [6.45, 7) is 1.81. The molecule has 0 radical (unpaired) electrons. The van der Waals surface area contributed by atoms with Crippen LogP contribution < -0.4 is 5.73 Å². The third-order valence-electron chi connectivity index (χ3n) is 2.70. The first-order valence-corrected chi connectivity index (χ1v) is 5.35. The lowest BCUT2D eigenvalue weighted by molar-refractivity contribution is 0.595. The monoisotopic (exact) mass is 233 g/mol. The Kier molecular flexibility index (Phi) is 3.20. The number of aryl methyl sites for hydroxylation is 1. The van der Waals surface area contributed by atoms with Gasteiger partial charge in [-0.1, -0.05) is 24.3 Å². The Labute approximate surface area is 98.9 Å². The van der Waals surface area contributed by atoms with Crippen LogP contribution in [0.5, 0.6) is 0 Å². The van der Waals surface area contributed by atoms with Crippen molar-refractivity contribution in [2.24, 2.45) is 5.73 Å². The van der Waals surface area contributed by atoms with E-state index in [1.54, 1.807) is 31.2 Å². The van der Waals surface area contributed by atoms with Gasteiger partial charge in [0.25, 0.3) is 0 Å². The van der Waals surface area contributed by atoms with Crippen molar-refractivity contribution >= 4 is 0 Å². The van der Waals surface area contributed by atoms with Gasteiger partial charge in [0.05, 0.1) is 6.04 Å². The predicted octanol–water partition coefficient (Wildman–Crippen LogP) is 3.32. The Morgan fingerprint density at radius 3 is 2.47 bits per heavy atom. The largest absolute Gasteiger partial charge is 0.320 e. The van der Waals surface area contributed by atoms with E-state index in [0.717, 1.165) is 5.56 Å². The highest BCUT2D eigenvalue weighted by Crippen LogP contribution is 2.23. The Morgan fingerprint density at radius 1 is 1.06 bits per heavy atom. The molecule has 0 aliphatic rings. The molecule has 2 aromatic carbocycles. The smallest absolute Gasteiger partial charge is 0.128 e. The molecule has 0 aliphatic carbocycles. The molecular weight excluding hydrogens is 220 g/mol. The summed E-state index contributed by atoms with van der Waals surface area (Å²) in [7, 11) is 0. The fraction of sp³-hybridized carbons (Fsp3) is 0.143. The van der Waals surface area contributed by atoms with Gasteiger partial charge in [-0.05, 0) is 36.2 Å². The molecule has 2 N–H and O–H groups in total. The molecule has 0 amide bonds. The van der Waals surface area contributed by atoms with E-state index in [1.165, 1.54) is 18.2 Å². The molecule has 0 spiro atoms. The van der Waals surface area contributed by atoms with Gasteiger partial charge in [0.2, 0.25) is 0 Å². The third kappa shape index (κ3) is 2.50. The predicted molar refractivity (Wildman–Crippen MR) is 63.6 cm³/mol. The molecular formula is C14H13F2N. The maximum Gasteiger partial charge on any atom is 0.128 e. The molecule has 0 saturated carbocycles. The van der Waals surface area contributed by atoms with Crippen molar-refractivity contribution in [2.45, 2.75) is 13.0 Å². The zero-order valence-corrected chi connectivity index (χ0v) is 9.45. The number of hydrogen-bond acceptors (Lipinski definition) is 1. The minimum atomic E-state index is -0.647. The molecule has 2 rings (SSSR count). The minimum absolute atomic E-state index is 0.359. The average Bonchev–Trinajstić information content (AvgIpc) is 2.28. The quantitative estimate of drug-likeness (QED) is 0.846. The highest BCUT2D eigenvalue weighted by Gasteiger charge is 2.13. The van der Waals surface area contributed by atoms with Crippen molar-refractivity contribution < 1.29 is 8.78 Å². The van der Waals surface area contributed by atoms with Gasteiger partial charge in [0.1, 0.15) is 11.6 Å². The summed E-state index contributed by atoms with van der Waals surface area (Å²) in [5, 5.41) is 0. The Bertz CT molecular complexity index is 537. The van der Waals surface area contributed by atoms with E-state index in [0.29, 0.717) is 11.1 Å². The van der Waals surface area contributed by atoms with Gasteiger partial charge in [-0.3, -0.25) is 0 Å². The van der Waals surface area contributed by atoms with Gasteiger partial charge in [-0.15, -0.1) is 0 Å². The molecule has 1 unspecified atom stereocenters. The van der Waals surface area contributed by atoms with Gasteiger partial charge < -0.3 is 5.73 Å². The lowest BCUT2D eigenvalue weighted by Gasteiger charge is -2.14. The number of hydrogen-bond donors (Lipinski definition) is 1. The van der Waals surface area contributed by atoms with E-state index in [4.69, 9.17) is 5.73 Å². The summed E-state index contributed by atoms with van der Waals surface area (Å²) in [5.74, 6) is -0.729. The van der Waals surface area contributed by atoms with Crippen molar-refractivity contribution in [2.75, 3.05) is 0 Å². The van der Waals surface area contributed by atoms with Crippen LogP contribution in [0.25, 0.3) is 0 Å². The van der Waals surface area contributed by atoms with Crippen molar-refractivity contribution in [3.05, 3.63) is 70.8 Å². The molecule has 1 atom stereocenters. The molecule has 0 heterocycles. The van der Waals surface area contributed by atoms with Gasteiger partial charge in [-0.2, -0.15) is 0 Å². The molecule has 0 aromatic heterocycles. The van der Waals surface area contributed by atoms with E-state index < -0.39 is 6.04 Å². The van der Waals surface area contributed by atoms with E-state index in [2.05, 4.69) is 0 Å². The number of rotatable bonds is 2. The first-order valence-electron chi connectivity index (χ1n) is 5.35. The SMILES string of the molecule is Cc1ccc(C(N)c2cccc(F)c2)c(F)c1. The Morgan fingerprint density at radius 2 is 1.82 bits per heavy atom. The number of halogens is 2. The van der Waals surface area contributed by atoms with Gasteiger partial charge in [-0.25, -0.2) is 8.78 Å². The molecule has 0 saturated heterocycles. The van der Waals surface area contributed by atoms with Crippen LogP contribution in [0.1, 0.15) is 22.7 Å². The highest BCUT2D eigenvalue weighted by atomic mass is 19.1. The van der Waals surface area contributed by atoms with E-state index >= 15 is 0 Å². The van der Waals surface area contributed by atoms with Crippen molar-refractivity contribution in [3.63, 3.8) is 0 Å². The van der Waals surface area contributed by atoms with Crippen molar-refractivity contribution in [1.29, 1.82) is 0 Å². The molecule has 3 heteroatoms. The van der Waals surface area contributed by atoms with E-state index in [-0.39, 0.29) is 11.6 Å². The van der Waals surface area contributed by atoms with E-state index in [9.17, 15) is 8.78 Å². The second-order valence-electron chi connectivity index (χ2n) is 4.06. The second kappa shape index (κ2) is 4.63. The molecule has 0 aliphatic heterocycles. The Hall–Kier alpha value is -1.74. The summed E-state index contributed by atoms with van der Waals surface area (Å²) < 4.78 is 26.8. The summed E-state index contributed by atoms with van der Waals surface area (Å²) in [6.07, 6.45) is 0. The average molecular weight is 233 g/mol. The van der Waals surface area contributed by atoms with Crippen LogP contribution >= 0.6 is 0 Å². The molecule has 0 fully saturated rings. The fourth-order valence-electron chi connectivity index (χ4n) is 1.76. The van der Waals surface area contributed by atoms with Crippen LogP contribution in [0.2, 0.25) is 0 Å². The summed E-state index contributed by atoms with van der Waals surface area (Å²) >= 11 is 0. The van der Waals surface area contributed by atoms with Crippen LogP contribution in [0, 0.1) is 18.6 Å². The van der Waals surface area contributed by atoms with Gasteiger partial charge in [0, 0.05) is 5.56 Å². The van der Waals surface area contributed by atoms with Gasteiger partial charge in [0.15, 0.2) is 0 Å². The normalized spacial score (nSPS) is 12.5. The van der Waals surface area contributed by atoms with Gasteiger partial charge >= 0.3 is 0 Å². The lowest BCUT2D eigenvalue weighted by Crippen LogP contribution is -2.13. The molecule has 2 aromatic rings. The van der Waals surface area contributed by atoms with Crippen LogP contribution in [-0.4, -0.2) is 0 Å². The second-order valence-corrected chi connectivity index (χ2v) is 4.06.